The molecule has 2 aromatic carbocycles. The third kappa shape index (κ3) is 3.29. The summed E-state index contributed by atoms with van der Waals surface area (Å²) in [6.45, 7) is 0. The van der Waals surface area contributed by atoms with Crippen molar-refractivity contribution >= 4 is 49.2 Å². The second-order valence-electron chi connectivity index (χ2n) is 4.11. The summed E-state index contributed by atoms with van der Waals surface area (Å²) in [7, 11) is 0. The summed E-state index contributed by atoms with van der Waals surface area (Å²) in [4.78, 5) is 12.4. The largest absolute Gasteiger partial charge is 0.292 e. The molecule has 5 heteroatoms. The first-order valence-electron chi connectivity index (χ1n) is 5.67. The van der Waals surface area contributed by atoms with Crippen LogP contribution in [0, 0.1) is 11.3 Å². The van der Waals surface area contributed by atoms with E-state index in [1.807, 2.05) is 6.07 Å². The fourth-order valence-electron chi connectivity index (χ4n) is 1.79. The number of rotatable bonds is 3. The average molecular weight is 413 g/mol. The van der Waals surface area contributed by atoms with Gasteiger partial charge >= 0.3 is 0 Å². The second kappa shape index (κ2) is 6.53. The number of ketones is 1. The predicted octanol–water partition coefficient (Wildman–Crippen LogP) is 5.36. The zero-order chi connectivity index (χ0) is 14.7. The van der Waals surface area contributed by atoms with Crippen LogP contribution in [0.1, 0.15) is 21.8 Å². The lowest BCUT2D eigenvalue weighted by Gasteiger charge is -2.10. The molecule has 0 bridgehead atoms. The number of benzene rings is 2. The third-order valence-corrected chi connectivity index (χ3v) is 4.48. The summed E-state index contributed by atoms with van der Waals surface area (Å²) in [6.07, 6.45) is 0. The maximum Gasteiger partial charge on any atom is 0.184 e. The molecule has 0 heterocycles. The first kappa shape index (κ1) is 15.2. The van der Waals surface area contributed by atoms with Crippen LogP contribution in [0.5, 0.6) is 0 Å². The van der Waals surface area contributed by atoms with Crippen LogP contribution in [0.4, 0.5) is 0 Å². The van der Waals surface area contributed by atoms with Crippen LogP contribution in [0.3, 0.4) is 0 Å². The number of carbonyl (C=O) groups excluding carboxylic acids is 1. The molecule has 0 fully saturated rings. The SMILES string of the molecule is N#CC(C(=O)c1ccc(Cl)c(Br)c1)c1cccc(Br)c1. The van der Waals surface area contributed by atoms with Crippen LogP contribution in [0.25, 0.3) is 0 Å². The zero-order valence-corrected chi connectivity index (χ0v) is 14.0. The maximum atomic E-state index is 12.4. The van der Waals surface area contributed by atoms with Gasteiger partial charge in [-0.05, 0) is 51.8 Å². The van der Waals surface area contributed by atoms with E-state index in [4.69, 9.17) is 11.6 Å². The third-order valence-electron chi connectivity index (χ3n) is 2.78. The number of hydrogen-bond donors (Lipinski definition) is 0. The van der Waals surface area contributed by atoms with Gasteiger partial charge in [0, 0.05) is 14.5 Å². The van der Waals surface area contributed by atoms with Gasteiger partial charge in [-0.15, -0.1) is 0 Å². The molecule has 0 saturated heterocycles. The Morgan fingerprint density at radius 3 is 2.55 bits per heavy atom. The maximum absolute atomic E-state index is 12.4. The Balaban J connectivity index is 2.39. The van der Waals surface area contributed by atoms with Crippen LogP contribution in [0.15, 0.2) is 51.4 Å². The van der Waals surface area contributed by atoms with Gasteiger partial charge in [0.15, 0.2) is 5.78 Å². The molecule has 0 spiro atoms. The Hall–Kier alpha value is -1.15. The van der Waals surface area contributed by atoms with Crippen LogP contribution >= 0.6 is 43.5 Å². The molecule has 0 radical (unpaired) electrons. The van der Waals surface area contributed by atoms with Crippen molar-refractivity contribution in [2.45, 2.75) is 5.92 Å². The molecule has 1 atom stereocenters. The minimum absolute atomic E-state index is 0.247. The number of hydrogen-bond acceptors (Lipinski definition) is 2. The Kier molecular flexibility index (Phi) is 4.98. The van der Waals surface area contributed by atoms with Gasteiger partial charge in [-0.25, -0.2) is 0 Å². The number of Topliss-reactive ketones (excluding diaryl/α,β-unsaturated/α-hetero) is 1. The molecule has 2 rings (SSSR count). The highest BCUT2D eigenvalue weighted by molar-refractivity contribution is 9.10. The molecule has 2 nitrogen and oxygen atoms in total. The number of halogens is 3. The fraction of sp³-hybridized carbons (Fsp3) is 0.0667. The lowest BCUT2D eigenvalue weighted by molar-refractivity contribution is 0.0979. The van der Waals surface area contributed by atoms with E-state index in [2.05, 4.69) is 37.9 Å². The van der Waals surface area contributed by atoms with Gasteiger partial charge in [0.2, 0.25) is 0 Å². The molecule has 20 heavy (non-hydrogen) atoms. The van der Waals surface area contributed by atoms with Crippen LogP contribution < -0.4 is 0 Å². The monoisotopic (exact) mass is 411 g/mol. The van der Waals surface area contributed by atoms with Crippen LogP contribution in [-0.4, -0.2) is 5.78 Å². The standard InChI is InChI=1S/C15H8Br2ClNO/c16-11-3-1-2-9(6-11)12(8-19)15(20)10-4-5-14(18)13(17)7-10/h1-7,12H. The first-order chi connectivity index (χ1) is 9.52. The zero-order valence-electron chi connectivity index (χ0n) is 10.1. The molecular weight excluding hydrogens is 405 g/mol. The van der Waals surface area contributed by atoms with Gasteiger partial charge in [0.05, 0.1) is 11.1 Å². The summed E-state index contributed by atoms with van der Waals surface area (Å²) < 4.78 is 1.47. The van der Waals surface area contributed by atoms with Gasteiger partial charge in [-0.3, -0.25) is 4.79 Å². The van der Waals surface area contributed by atoms with Crippen molar-refractivity contribution in [3.8, 4) is 6.07 Å². The second-order valence-corrected chi connectivity index (χ2v) is 6.29. The van der Waals surface area contributed by atoms with E-state index in [1.165, 1.54) is 0 Å². The lowest BCUT2D eigenvalue weighted by Crippen LogP contribution is -2.11. The quantitative estimate of drug-likeness (QED) is 0.636. The highest BCUT2D eigenvalue weighted by atomic mass is 79.9. The molecule has 0 saturated carbocycles. The van der Waals surface area contributed by atoms with Gasteiger partial charge in [-0.2, -0.15) is 5.26 Å². The highest BCUT2D eigenvalue weighted by Crippen LogP contribution is 2.27. The minimum atomic E-state index is -0.833. The molecule has 0 aliphatic rings. The molecule has 0 N–H and O–H groups in total. The van der Waals surface area contributed by atoms with Crippen molar-refractivity contribution in [1.82, 2.24) is 0 Å². The van der Waals surface area contributed by atoms with Crippen molar-refractivity contribution < 1.29 is 4.79 Å². The Morgan fingerprint density at radius 2 is 1.95 bits per heavy atom. The van der Waals surface area contributed by atoms with Crippen molar-refractivity contribution in [3.63, 3.8) is 0 Å². The van der Waals surface area contributed by atoms with E-state index < -0.39 is 5.92 Å². The molecule has 0 aliphatic heterocycles. The normalized spacial score (nSPS) is 11.7. The molecule has 100 valence electrons. The average Bonchev–Trinajstić information content (AvgIpc) is 2.42. The van der Waals surface area contributed by atoms with E-state index in [9.17, 15) is 10.1 Å². The van der Waals surface area contributed by atoms with E-state index in [-0.39, 0.29) is 5.78 Å². The van der Waals surface area contributed by atoms with Crippen molar-refractivity contribution in [3.05, 3.63) is 67.6 Å². The molecule has 0 amide bonds. The molecule has 1 unspecified atom stereocenters. The Morgan fingerprint density at radius 1 is 1.20 bits per heavy atom. The number of nitrogens with zero attached hydrogens (tertiary/aromatic N) is 1. The predicted molar refractivity (Wildman–Crippen MR) is 86.0 cm³/mol. The highest BCUT2D eigenvalue weighted by Gasteiger charge is 2.22. The van der Waals surface area contributed by atoms with Crippen molar-refractivity contribution in [1.29, 1.82) is 5.26 Å². The van der Waals surface area contributed by atoms with E-state index in [0.717, 1.165) is 4.47 Å². The van der Waals surface area contributed by atoms with Crippen molar-refractivity contribution in [2.24, 2.45) is 0 Å². The topological polar surface area (TPSA) is 40.9 Å². The van der Waals surface area contributed by atoms with Gasteiger partial charge in [0.25, 0.3) is 0 Å². The summed E-state index contributed by atoms with van der Waals surface area (Å²) >= 11 is 12.5. The minimum Gasteiger partial charge on any atom is -0.292 e. The van der Waals surface area contributed by atoms with E-state index in [1.54, 1.807) is 36.4 Å². The fourth-order valence-corrected chi connectivity index (χ4v) is 2.70. The smallest absolute Gasteiger partial charge is 0.184 e. The van der Waals surface area contributed by atoms with Crippen LogP contribution in [0.2, 0.25) is 5.02 Å². The van der Waals surface area contributed by atoms with Gasteiger partial charge in [0.1, 0.15) is 5.92 Å². The summed E-state index contributed by atoms with van der Waals surface area (Å²) in [5, 5.41) is 9.83. The van der Waals surface area contributed by atoms with E-state index >= 15 is 0 Å². The van der Waals surface area contributed by atoms with E-state index in [0.29, 0.717) is 20.6 Å². The summed E-state index contributed by atoms with van der Waals surface area (Å²) in [5.41, 5.74) is 1.12. The first-order valence-corrected chi connectivity index (χ1v) is 7.63. The summed E-state index contributed by atoms with van der Waals surface area (Å²) in [6, 6.07) is 14.1. The Labute approximate surface area is 138 Å². The molecule has 0 aliphatic carbocycles. The van der Waals surface area contributed by atoms with Gasteiger partial charge in [-0.1, -0.05) is 39.7 Å². The molecule has 0 aromatic heterocycles. The number of nitriles is 1. The summed E-state index contributed by atoms with van der Waals surface area (Å²) in [5.74, 6) is -1.08. The molecular formula is C15H8Br2ClNO. The van der Waals surface area contributed by atoms with Crippen LogP contribution in [-0.2, 0) is 0 Å². The van der Waals surface area contributed by atoms with Gasteiger partial charge < -0.3 is 0 Å². The van der Waals surface area contributed by atoms with Crippen molar-refractivity contribution in [2.75, 3.05) is 0 Å². The Bertz CT molecular complexity index is 709. The number of carbonyl (C=O) groups is 1. The lowest BCUT2D eigenvalue weighted by atomic mass is 9.92. The molecule has 2 aromatic rings.